The standard InChI is InChI=1S/C15H16N4OS/c1-18-15(19-6-8-20-9-7-19)16-14(17-18)13-10-11-4-2-3-5-12(11)21-13/h2-5,10H,6-9H2,1H3. The van der Waals surface area contributed by atoms with E-state index >= 15 is 0 Å². The lowest BCUT2D eigenvalue weighted by molar-refractivity contribution is 0.121. The van der Waals surface area contributed by atoms with E-state index in [1.807, 2.05) is 11.7 Å². The summed E-state index contributed by atoms with van der Waals surface area (Å²) in [7, 11) is 1.95. The van der Waals surface area contributed by atoms with Gasteiger partial charge in [-0.1, -0.05) is 18.2 Å². The van der Waals surface area contributed by atoms with Gasteiger partial charge < -0.3 is 9.64 Å². The van der Waals surface area contributed by atoms with Crippen LogP contribution in [-0.2, 0) is 11.8 Å². The number of hydrogen-bond acceptors (Lipinski definition) is 5. The Labute approximate surface area is 126 Å². The molecule has 0 N–H and O–H groups in total. The van der Waals surface area contributed by atoms with Crippen molar-refractivity contribution in [2.75, 3.05) is 31.2 Å². The van der Waals surface area contributed by atoms with Gasteiger partial charge in [0.1, 0.15) is 0 Å². The lowest BCUT2D eigenvalue weighted by atomic mass is 10.2. The summed E-state index contributed by atoms with van der Waals surface area (Å²) in [6.45, 7) is 3.26. The molecule has 3 aromatic rings. The molecule has 5 nitrogen and oxygen atoms in total. The summed E-state index contributed by atoms with van der Waals surface area (Å²) in [6, 6.07) is 10.5. The fourth-order valence-corrected chi connectivity index (χ4v) is 3.60. The van der Waals surface area contributed by atoms with E-state index in [1.54, 1.807) is 11.3 Å². The summed E-state index contributed by atoms with van der Waals surface area (Å²) in [5, 5.41) is 5.83. The monoisotopic (exact) mass is 300 g/mol. The molecule has 1 saturated heterocycles. The molecule has 0 atom stereocenters. The van der Waals surface area contributed by atoms with Crippen LogP contribution in [0.2, 0.25) is 0 Å². The Morgan fingerprint density at radius 1 is 1.19 bits per heavy atom. The Morgan fingerprint density at radius 2 is 2.00 bits per heavy atom. The first-order valence-electron chi connectivity index (χ1n) is 7.04. The van der Waals surface area contributed by atoms with Crippen LogP contribution in [0, 0.1) is 0 Å². The molecule has 108 valence electrons. The number of benzene rings is 1. The number of aryl methyl sites for hydroxylation is 1. The van der Waals surface area contributed by atoms with Crippen LogP contribution < -0.4 is 4.90 Å². The van der Waals surface area contributed by atoms with Crippen molar-refractivity contribution >= 4 is 27.4 Å². The van der Waals surface area contributed by atoms with Gasteiger partial charge in [-0.15, -0.1) is 16.4 Å². The first kappa shape index (κ1) is 12.8. The summed E-state index contributed by atoms with van der Waals surface area (Å²) < 4.78 is 8.53. The van der Waals surface area contributed by atoms with Crippen LogP contribution in [0.3, 0.4) is 0 Å². The number of nitrogens with zero attached hydrogens (tertiary/aromatic N) is 4. The van der Waals surface area contributed by atoms with E-state index in [1.165, 1.54) is 10.1 Å². The zero-order valence-electron chi connectivity index (χ0n) is 11.8. The maximum atomic E-state index is 5.40. The van der Waals surface area contributed by atoms with Gasteiger partial charge in [0.2, 0.25) is 5.95 Å². The third kappa shape index (κ3) is 2.30. The molecule has 1 aliphatic heterocycles. The zero-order chi connectivity index (χ0) is 14.2. The van der Waals surface area contributed by atoms with Gasteiger partial charge in [-0.3, -0.25) is 0 Å². The van der Waals surface area contributed by atoms with Crippen molar-refractivity contribution in [2.45, 2.75) is 0 Å². The summed E-state index contributed by atoms with van der Waals surface area (Å²) in [6.07, 6.45) is 0. The molecule has 1 aliphatic rings. The van der Waals surface area contributed by atoms with Gasteiger partial charge in [-0.05, 0) is 17.5 Å². The highest BCUT2D eigenvalue weighted by atomic mass is 32.1. The predicted octanol–water partition coefficient (Wildman–Crippen LogP) is 2.53. The smallest absolute Gasteiger partial charge is 0.224 e. The Balaban J connectivity index is 1.72. The quantitative estimate of drug-likeness (QED) is 0.729. The summed E-state index contributed by atoms with van der Waals surface area (Å²) in [4.78, 5) is 8.08. The minimum absolute atomic E-state index is 0.755. The van der Waals surface area contributed by atoms with Crippen molar-refractivity contribution in [3.63, 3.8) is 0 Å². The number of aromatic nitrogens is 3. The number of hydrogen-bond donors (Lipinski definition) is 0. The second-order valence-corrected chi connectivity index (χ2v) is 6.19. The third-order valence-corrected chi connectivity index (χ3v) is 4.79. The molecule has 0 saturated carbocycles. The first-order chi connectivity index (χ1) is 10.3. The van der Waals surface area contributed by atoms with E-state index in [0.29, 0.717) is 0 Å². The van der Waals surface area contributed by atoms with Crippen LogP contribution >= 0.6 is 11.3 Å². The first-order valence-corrected chi connectivity index (χ1v) is 7.85. The number of fused-ring (bicyclic) bond motifs is 1. The Kier molecular flexibility index (Phi) is 3.12. The topological polar surface area (TPSA) is 43.2 Å². The molecule has 0 aliphatic carbocycles. The second-order valence-electron chi connectivity index (χ2n) is 5.11. The van der Waals surface area contributed by atoms with Crippen molar-refractivity contribution in [3.05, 3.63) is 30.3 Å². The SMILES string of the molecule is Cn1nc(-c2cc3ccccc3s2)nc1N1CCOCC1. The fraction of sp³-hybridized carbons (Fsp3) is 0.333. The van der Waals surface area contributed by atoms with Crippen molar-refractivity contribution in [2.24, 2.45) is 7.05 Å². The molecule has 4 rings (SSSR count). The molecule has 0 unspecified atom stereocenters. The van der Waals surface area contributed by atoms with Gasteiger partial charge in [-0.25, -0.2) is 4.68 Å². The maximum Gasteiger partial charge on any atom is 0.224 e. The molecule has 0 radical (unpaired) electrons. The highest BCUT2D eigenvalue weighted by Gasteiger charge is 2.19. The zero-order valence-corrected chi connectivity index (χ0v) is 12.6. The average Bonchev–Trinajstić information content (AvgIpc) is 3.11. The Hall–Kier alpha value is -1.92. The molecule has 0 bridgehead atoms. The number of morpholine rings is 1. The largest absolute Gasteiger partial charge is 0.378 e. The molecule has 21 heavy (non-hydrogen) atoms. The normalized spacial score (nSPS) is 15.8. The van der Waals surface area contributed by atoms with E-state index in [2.05, 4.69) is 40.3 Å². The molecule has 0 spiro atoms. The lowest BCUT2D eigenvalue weighted by Gasteiger charge is -2.26. The highest BCUT2D eigenvalue weighted by Crippen LogP contribution is 2.32. The molecule has 0 amide bonds. The maximum absolute atomic E-state index is 5.40. The highest BCUT2D eigenvalue weighted by molar-refractivity contribution is 7.22. The van der Waals surface area contributed by atoms with E-state index in [4.69, 9.17) is 9.72 Å². The van der Waals surface area contributed by atoms with Crippen LogP contribution in [0.4, 0.5) is 5.95 Å². The molecular weight excluding hydrogens is 284 g/mol. The number of anilines is 1. The number of ether oxygens (including phenoxy) is 1. The van der Waals surface area contributed by atoms with Gasteiger partial charge in [-0.2, -0.15) is 4.98 Å². The minimum atomic E-state index is 0.755. The molecular formula is C15H16N4OS. The molecule has 2 aromatic heterocycles. The lowest BCUT2D eigenvalue weighted by Crippen LogP contribution is -2.37. The third-order valence-electron chi connectivity index (χ3n) is 3.68. The molecule has 3 heterocycles. The molecule has 1 aromatic carbocycles. The average molecular weight is 300 g/mol. The van der Waals surface area contributed by atoms with Gasteiger partial charge >= 0.3 is 0 Å². The van der Waals surface area contributed by atoms with E-state index in [9.17, 15) is 0 Å². The molecule has 6 heteroatoms. The van der Waals surface area contributed by atoms with Crippen molar-refractivity contribution in [1.29, 1.82) is 0 Å². The minimum Gasteiger partial charge on any atom is -0.378 e. The van der Waals surface area contributed by atoms with Gasteiger partial charge in [0.05, 0.1) is 18.1 Å². The Bertz CT molecular complexity index is 740. The number of thiophene rings is 1. The molecule has 1 fully saturated rings. The van der Waals surface area contributed by atoms with Crippen LogP contribution in [0.1, 0.15) is 0 Å². The van der Waals surface area contributed by atoms with Gasteiger partial charge in [0.25, 0.3) is 0 Å². The second kappa shape index (κ2) is 5.13. The summed E-state index contributed by atoms with van der Waals surface area (Å²) in [5.41, 5.74) is 0. The van der Waals surface area contributed by atoms with Crippen LogP contribution in [0.15, 0.2) is 30.3 Å². The van der Waals surface area contributed by atoms with Gasteiger partial charge in [0, 0.05) is 24.8 Å². The van der Waals surface area contributed by atoms with Crippen LogP contribution in [-0.4, -0.2) is 41.1 Å². The van der Waals surface area contributed by atoms with Crippen molar-refractivity contribution < 1.29 is 4.74 Å². The fourth-order valence-electron chi connectivity index (χ4n) is 2.61. The number of rotatable bonds is 2. The Morgan fingerprint density at radius 3 is 2.81 bits per heavy atom. The summed E-state index contributed by atoms with van der Waals surface area (Å²) in [5.74, 6) is 1.73. The van der Waals surface area contributed by atoms with E-state index in [-0.39, 0.29) is 0 Å². The predicted molar refractivity (Wildman–Crippen MR) is 84.9 cm³/mol. The summed E-state index contributed by atoms with van der Waals surface area (Å²) >= 11 is 1.74. The van der Waals surface area contributed by atoms with E-state index in [0.717, 1.165) is 43.0 Å². The van der Waals surface area contributed by atoms with Crippen LogP contribution in [0.5, 0.6) is 0 Å². The van der Waals surface area contributed by atoms with E-state index < -0.39 is 0 Å². The van der Waals surface area contributed by atoms with Crippen LogP contribution in [0.25, 0.3) is 20.8 Å². The van der Waals surface area contributed by atoms with Gasteiger partial charge in [0.15, 0.2) is 5.82 Å². The van der Waals surface area contributed by atoms with Crippen molar-refractivity contribution in [3.8, 4) is 10.7 Å². The van der Waals surface area contributed by atoms with Crippen molar-refractivity contribution in [1.82, 2.24) is 14.8 Å².